The predicted molar refractivity (Wildman–Crippen MR) is 104 cm³/mol. The largest absolute Gasteiger partial charge is 0.467 e. The topological polar surface area (TPSA) is 89.2 Å². The highest BCUT2D eigenvalue weighted by molar-refractivity contribution is 9.10. The Bertz CT molecular complexity index is 845. The second-order valence-electron chi connectivity index (χ2n) is 6.97. The standard InChI is InChI=1S/C18H25BrN4O4/c1-5-27-18(3)6-8-22(9-7-18)16-14(15(24)17(25)26-4)11(2)20-13-10-12(19)21-23(13)16/h10,15,24H,5-9H2,1-4H3/t15-/m0/s1. The van der Waals surface area contributed by atoms with Crippen molar-refractivity contribution in [1.29, 1.82) is 0 Å². The molecule has 1 atom stereocenters. The van der Waals surface area contributed by atoms with E-state index in [1.165, 1.54) is 7.11 Å². The maximum absolute atomic E-state index is 12.1. The van der Waals surface area contributed by atoms with Crippen LogP contribution >= 0.6 is 15.9 Å². The van der Waals surface area contributed by atoms with Crippen molar-refractivity contribution in [3.63, 3.8) is 0 Å². The number of hydrogen-bond acceptors (Lipinski definition) is 7. The molecule has 0 aromatic carbocycles. The van der Waals surface area contributed by atoms with Gasteiger partial charge >= 0.3 is 5.97 Å². The summed E-state index contributed by atoms with van der Waals surface area (Å²) in [6.07, 6.45) is 0.241. The van der Waals surface area contributed by atoms with Crippen LogP contribution in [0.5, 0.6) is 0 Å². The first-order valence-corrected chi connectivity index (χ1v) is 9.79. The van der Waals surface area contributed by atoms with Gasteiger partial charge in [0.25, 0.3) is 0 Å². The summed E-state index contributed by atoms with van der Waals surface area (Å²) in [4.78, 5) is 18.7. The molecule has 148 valence electrons. The lowest BCUT2D eigenvalue weighted by Crippen LogP contribution is -2.45. The Kier molecular flexibility index (Phi) is 5.73. The number of aryl methyl sites for hydroxylation is 1. The van der Waals surface area contributed by atoms with Crippen molar-refractivity contribution in [3.8, 4) is 0 Å². The van der Waals surface area contributed by atoms with Crippen molar-refractivity contribution in [2.45, 2.75) is 45.3 Å². The summed E-state index contributed by atoms with van der Waals surface area (Å²) < 4.78 is 13.0. The van der Waals surface area contributed by atoms with Gasteiger partial charge in [0.15, 0.2) is 11.8 Å². The van der Waals surface area contributed by atoms with Gasteiger partial charge in [0.2, 0.25) is 0 Å². The van der Waals surface area contributed by atoms with E-state index >= 15 is 0 Å². The molecule has 1 N–H and O–H groups in total. The second-order valence-corrected chi connectivity index (χ2v) is 7.78. The number of aromatic nitrogens is 3. The van der Waals surface area contributed by atoms with Gasteiger partial charge in [0.1, 0.15) is 10.4 Å². The Morgan fingerprint density at radius 3 is 2.70 bits per heavy atom. The van der Waals surface area contributed by atoms with Crippen LogP contribution in [-0.2, 0) is 14.3 Å². The number of methoxy groups -OCH3 is 1. The first kappa shape index (κ1) is 20.0. The van der Waals surface area contributed by atoms with E-state index in [4.69, 9.17) is 9.47 Å². The molecule has 0 bridgehead atoms. The Morgan fingerprint density at radius 1 is 1.44 bits per heavy atom. The number of anilines is 1. The number of ether oxygens (including phenoxy) is 2. The van der Waals surface area contributed by atoms with Crippen LogP contribution < -0.4 is 4.90 Å². The second kappa shape index (κ2) is 7.73. The highest BCUT2D eigenvalue weighted by Crippen LogP contribution is 2.35. The van der Waals surface area contributed by atoms with Crippen LogP contribution in [0.25, 0.3) is 5.65 Å². The zero-order chi connectivity index (χ0) is 19.8. The molecule has 0 unspecified atom stereocenters. The molecule has 9 heteroatoms. The number of hydrogen-bond donors (Lipinski definition) is 1. The average molecular weight is 441 g/mol. The summed E-state index contributed by atoms with van der Waals surface area (Å²) in [5.41, 5.74) is 1.47. The number of piperidine rings is 1. The van der Waals surface area contributed by atoms with E-state index < -0.39 is 12.1 Å². The van der Waals surface area contributed by atoms with E-state index in [9.17, 15) is 9.90 Å². The third-order valence-electron chi connectivity index (χ3n) is 5.09. The van der Waals surface area contributed by atoms with E-state index in [-0.39, 0.29) is 5.60 Å². The molecule has 2 aromatic rings. The normalized spacial score (nSPS) is 17.9. The van der Waals surface area contributed by atoms with Crippen molar-refractivity contribution in [3.05, 3.63) is 21.9 Å². The fraction of sp³-hybridized carbons (Fsp3) is 0.611. The van der Waals surface area contributed by atoms with Crippen LogP contribution in [-0.4, -0.2) is 58.1 Å². The van der Waals surface area contributed by atoms with Crippen LogP contribution in [0.15, 0.2) is 10.7 Å². The molecular formula is C18H25BrN4O4. The summed E-state index contributed by atoms with van der Waals surface area (Å²) in [5, 5.41) is 15.1. The summed E-state index contributed by atoms with van der Waals surface area (Å²) >= 11 is 3.39. The molecule has 8 nitrogen and oxygen atoms in total. The number of nitrogens with zero attached hydrogens (tertiary/aromatic N) is 4. The maximum Gasteiger partial charge on any atom is 0.339 e. The lowest BCUT2D eigenvalue weighted by Gasteiger charge is -2.40. The maximum atomic E-state index is 12.1. The van der Waals surface area contributed by atoms with Crippen molar-refractivity contribution >= 4 is 33.4 Å². The number of halogens is 1. The van der Waals surface area contributed by atoms with Crippen molar-refractivity contribution in [2.24, 2.45) is 0 Å². The predicted octanol–water partition coefficient (Wildman–Crippen LogP) is 2.40. The van der Waals surface area contributed by atoms with E-state index in [1.807, 2.05) is 6.92 Å². The monoisotopic (exact) mass is 440 g/mol. The van der Waals surface area contributed by atoms with Crippen molar-refractivity contribution in [1.82, 2.24) is 14.6 Å². The zero-order valence-electron chi connectivity index (χ0n) is 16.0. The van der Waals surface area contributed by atoms with Gasteiger partial charge in [-0.25, -0.2) is 9.78 Å². The molecule has 1 saturated heterocycles. The first-order valence-electron chi connectivity index (χ1n) is 9.00. The lowest BCUT2D eigenvalue weighted by atomic mass is 9.92. The van der Waals surface area contributed by atoms with Crippen LogP contribution in [0.4, 0.5) is 5.82 Å². The molecule has 0 aliphatic carbocycles. The van der Waals surface area contributed by atoms with Gasteiger partial charge in [-0.1, -0.05) is 0 Å². The molecule has 0 amide bonds. The minimum atomic E-state index is -1.43. The molecular weight excluding hydrogens is 416 g/mol. The Balaban J connectivity index is 2.08. The Morgan fingerprint density at radius 2 is 2.11 bits per heavy atom. The first-order chi connectivity index (χ1) is 12.8. The Hall–Kier alpha value is -1.71. The van der Waals surface area contributed by atoms with Gasteiger partial charge in [-0.3, -0.25) is 0 Å². The Labute approximate surface area is 166 Å². The molecule has 2 aromatic heterocycles. The number of carbonyl (C=O) groups excluding carboxylic acids is 1. The van der Waals surface area contributed by atoms with Crippen LogP contribution in [0.2, 0.25) is 0 Å². The summed E-state index contributed by atoms with van der Waals surface area (Å²) in [7, 11) is 1.26. The van der Waals surface area contributed by atoms with Gasteiger partial charge in [0.05, 0.1) is 18.3 Å². The molecule has 3 heterocycles. The van der Waals surface area contributed by atoms with Gasteiger partial charge in [-0.2, -0.15) is 9.61 Å². The molecule has 27 heavy (non-hydrogen) atoms. The van der Waals surface area contributed by atoms with Crippen LogP contribution in [0.1, 0.15) is 44.1 Å². The van der Waals surface area contributed by atoms with Crippen molar-refractivity contribution < 1.29 is 19.4 Å². The number of fused-ring (bicyclic) bond motifs is 1. The van der Waals surface area contributed by atoms with Gasteiger partial charge in [0, 0.05) is 31.5 Å². The molecule has 1 fully saturated rings. The van der Waals surface area contributed by atoms with E-state index in [2.05, 4.69) is 37.8 Å². The number of aliphatic hydroxyl groups excluding tert-OH is 1. The molecule has 3 rings (SSSR count). The smallest absolute Gasteiger partial charge is 0.339 e. The van der Waals surface area contributed by atoms with Gasteiger partial charge in [-0.05, 0) is 49.5 Å². The highest BCUT2D eigenvalue weighted by atomic mass is 79.9. The summed E-state index contributed by atoms with van der Waals surface area (Å²) in [6, 6.07) is 1.80. The van der Waals surface area contributed by atoms with E-state index in [0.717, 1.165) is 12.8 Å². The summed E-state index contributed by atoms with van der Waals surface area (Å²) in [6.45, 7) is 8.00. The lowest BCUT2D eigenvalue weighted by molar-refractivity contribution is -0.150. The third kappa shape index (κ3) is 3.81. The summed E-state index contributed by atoms with van der Waals surface area (Å²) in [5.74, 6) is -0.0532. The van der Waals surface area contributed by atoms with E-state index in [0.29, 0.717) is 47.0 Å². The minimum Gasteiger partial charge on any atom is -0.467 e. The molecule has 0 spiro atoms. The van der Waals surface area contributed by atoms with Gasteiger partial charge < -0.3 is 19.5 Å². The quantitative estimate of drug-likeness (QED) is 0.713. The van der Waals surface area contributed by atoms with E-state index in [1.54, 1.807) is 17.5 Å². The highest BCUT2D eigenvalue weighted by Gasteiger charge is 2.35. The average Bonchev–Trinajstić information content (AvgIpc) is 3.00. The number of carbonyl (C=O) groups is 1. The van der Waals surface area contributed by atoms with Crippen LogP contribution in [0.3, 0.4) is 0 Å². The fourth-order valence-electron chi connectivity index (χ4n) is 3.63. The third-order valence-corrected chi connectivity index (χ3v) is 5.47. The number of aliphatic hydroxyl groups is 1. The zero-order valence-corrected chi connectivity index (χ0v) is 17.6. The fourth-order valence-corrected chi connectivity index (χ4v) is 3.99. The molecule has 1 aliphatic heterocycles. The molecule has 0 saturated carbocycles. The SMILES string of the molecule is CCOC1(C)CCN(c2c([C@H](O)C(=O)OC)c(C)nc3cc(Br)nn23)CC1. The van der Waals surface area contributed by atoms with Gasteiger partial charge in [-0.15, -0.1) is 0 Å². The number of rotatable bonds is 5. The minimum absolute atomic E-state index is 0.168. The van der Waals surface area contributed by atoms with Crippen molar-refractivity contribution in [2.75, 3.05) is 31.7 Å². The van der Waals surface area contributed by atoms with Crippen LogP contribution in [0, 0.1) is 6.92 Å². The number of esters is 1. The molecule has 1 aliphatic rings. The molecule has 0 radical (unpaired) electrons.